The minimum absolute atomic E-state index is 0.327. The molecule has 2 aliphatic heterocycles. The predicted molar refractivity (Wildman–Crippen MR) is 78.9 cm³/mol. The molecule has 0 bridgehead atoms. The van der Waals surface area contributed by atoms with Crippen molar-refractivity contribution in [3.05, 3.63) is 24.3 Å². The molecule has 4 heteroatoms. The number of morpholine rings is 1. The van der Waals surface area contributed by atoms with Crippen LogP contribution in [0, 0.1) is 0 Å². The summed E-state index contributed by atoms with van der Waals surface area (Å²) in [5.41, 5.74) is 8.64. The van der Waals surface area contributed by atoms with Crippen LogP contribution in [-0.2, 0) is 4.74 Å². The third-order valence-corrected chi connectivity index (χ3v) is 4.05. The van der Waals surface area contributed by atoms with E-state index in [1.165, 1.54) is 17.8 Å². The van der Waals surface area contributed by atoms with Gasteiger partial charge in [0, 0.05) is 43.6 Å². The van der Waals surface area contributed by atoms with Gasteiger partial charge in [0.2, 0.25) is 0 Å². The number of benzene rings is 1. The molecule has 0 radical (unpaired) electrons. The lowest BCUT2D eigenvalue weighted by Gasteiger charge is -2.33. The fourth-order valence-corrected chi connectivity index (χ4v) is 2.94. The van der Waals surface area contributed by atoms with Crippen LogP contribution in [0.5, 0.6) is 0 Å². The molecule has 0 amide bonds. The second-order valence-electron chi connectivity index (χ2n) is 5.46. The predicted octanol–water partition coefficient (Wildman–Crippen LogP) is 1.45. The first-order valence-corrected chi connectivity index (χ1v) is 7.26. The fourth-order valence-electron chi connectivity index (χ4n) is 2.94. The number of hydrogen-bond donors (Lipinski definition) is 1. The van der Waals surface area contributed by atoms with Crippen LogP contribution >= 0.6 is 0 Å². The van der Waals surface area contributed by atoms with E-state index in [9.17, 15) is 0 Å². The minimum atomic E-state index is 0.327. The average Bonchev–Trinajstić information content (AvgIpc) is 2.48. The maximum atomic E-state index is 6.05. The number of hydrogen-bond acceptors (Lipinski definition) is 4. The summed E-state index contributed by atoms with van der Waals surface area (Å²) < 4.78 is 5.39. The molecule has 4 nitrogen and oxygen atoms in total. The van der Waals surface area contributed by atoms with Gasteiger partial charge >= 0.3 is 0 Å². The first kappa shape index (κ1) is 12.8. The van der Waals surface area contributed by atoms with Crippen LogP contribution in [-0.4, -0.2) is 45.4 Å². The van der Waals surface area contributed by atoms with Crippen molar-refractivity contribution in [2.75, 3.05) is 49.2 Å². The highest BCUT2D eigenvalue weighted by Crippen LogP contribution is 2.23. The van der Waals surface area contributed by atoms with Crippen molar-refractivity contribution >= 4 is 11.4 Å². The monoisotopic (exact) mass is 261 g/mol. The largest absolute Gasteiger partial charge is 0.378 e. The summed E-state index contributed by atoms with van der Waals surface area (Å²) in [7, 11) is 0. The zero-order valence-electron chi connectivity index (χ0n) is 11.4. The van der Waals surface area contributed by atoms with Gasteiger partial charge in [-0.2, -0.15) is 0 Å². The fraction of sp³-hybridized carbons (Fsp3) is 0.600. The number of anilines is 2. The Balaban J connectivity index is 1.67. The number of piperidine rings is 1. The van der Waals surface area contributed by atoms with Crippen molar-refractivity contribution < 1.29 is 4.74 Å². The molecule has 3 rings (SSSR count). The SMILES string of the molecule is NC1CCCN(c2ccc(N3CCOCC3)cc2)C1. The van der Waals surface area contributed by atoms with Gasteiger partial charge in [0.1, 0.15) is 0 Å². The van der Waals surface area contributed by atoms with E-state index in [2.05, 4.69) is 34.1 Å². The lowest BCUT2D eigenvalue weighted by molar-refractivity contribution is 0.122. The number of rotatable bonds is 2. The van der Waals surface area contributed by atoms with Crippen LogP contribution in [0.3, 0.4) is 0 Å². The van der Waals surface area contributed by atoms with Gasteiger partial charge in [0.25, 0.3) is 0 Å². The molecule has 0 aliphatic carbocycles. The summed E-state index contributed by atoms with van der Waals surface area (Å²) in [6, 6.07) is 9.22. The van der Waals surface area contributed by atoms with Gasteiger partial charge in [-0.15, -0.1) is 0 Å². The smallest absolute Gasteiger partial charge is 0.0642 e. The minimum Gasteiger partial charge on any atom is -0.378 e. The number of nitrogens with two attached hydrogens (primary N) is 1. The molecule has 104 valence electrons. The molecule has 2 saturated heterocycles. The highest BCUT2D eigenvalue weighted by Gasteiger charge is 2.17. The van der Waals surface area contributed by atoms with E-state index in [4.69, 9.17) is 10.5 Å². The van der Waals surface area contributed by atoms with E-state index in [0.717, 1.165) is 45.8 Å². The Labute approximate surface area is 115 Å². The van der Waals surface area contributed by atoms with Crippen molar-refractivity contribution in [2.24, 2.45) is 5.73 Å². The zero-order chi connectivity index (χ0) is 13.1. The standard InChI is InChI=1S/C15H23N3O/c16-13-2-1-7-18(12-13)15-5-3-14(4-6-15)17-8-10-19-11-9-17/h3-6,13H,1-2,7-12,16H2. The van der Waals surface area contributed by atoms with Gasteiger partial charge in [-0.05, 0) is 37.1 Å². The summed E-state index contributed by atoms with van der Waals surface area (Å²) >= 11 is 0. The third kappa shape index (κ3) is 3.01. The summed E-state index contributed by atoms with van der Waals surface area (Å²) in [4.78, 5) is 4.78. The summed E-state index contributed by atoms with van der Waals surface area (Å²) in [5, 5.41) is 0. The molecule has 1 atom stereocenters. The van der Waals surface area contributed by atoms with Crippen LogP contribution in [0.4, 0.5) is 11.4 Å². The Morgan fingerprint density at radius 1 is 0.947 bits per heavy atom. The quantitative estimate of drug-likeness (QED) is 0.875. The number of nitrogens with zero attached hydrogens (tertiary/aromatic N) is 2. The van der Waals surface area contributed by atoms with Gasteiger partial charge < -0.3 is 20.3 Å². The third-order valence-electron chi connectivity index (χ3n) is 4.05. The van der Waals surface area contributed by atoms with Crippen LogP contribution in [0.2, 0.25) is 0 Å². The van der Waals surface area contributed by atoms with Crippen molar-refractivity contribution in [1.82, 2.24) is 0 Å². The van der Waals surface area contributed by atoms with Crippen molar-refractivity contribution in [3.8, 4) is 0 Å². The van der Waals surface area contributed by atoms with Gasteiger partial charge in [-0.1, -0.05) is 0 Å². The normalized spacial score (nSPS) is 24.6. The molecule has 1 aromatic rings. The van der Waals surface area contributed by atoms with E-state index >= 15 is 0 Å². The number of ether oxygens (including phenoxy) is 1. The Kier molecular flexibility index (Phi) is 3.89. The van der Waals surface area contributed by atoms with E-state index in [1.807, 2.05) is 0 Å². The molecule has 0 saturated carbocycles. The molecular formula is C15H23N3O. The second-order valence-corrected chi connectivity index (χ2v) is 5.46. The Hall–Kier alpha value is -1.26. The van der Waals surface area contributed by atoms with E-state index in [-0.39, 0.29) is 0 Å². The summed E-state index contributed by atoms with van der Waals surface area (Å²) in [6.45, 7) is 5.77. The first-order valence-electron chi connectivity index (χ1n) is 7.26. The highest BCUT2D eigenvalue weighted by molar-refractivity contribution is 5.56. The molecule has 2 fully saturated rings. The lowest BCUT2D eigenvalue weighted by Crippen LogP contribution is -2.42. The maximum absolute atomic E-state index is 6.05. The first-order chi connectivity index (χ1) is 9.33. The molecule has 2 N–H and O–H groups in total. The molecule has 0 spiro atoms. The van der Waals surface area contributed by atoms with Gasteiger partial charge in [0.15, 0.2) is 0 Å². The summed E-state index contributed by atoms with van der Waals surface area (Å²) in [5.74, 6) is 0. The molecule has 1 unspecified atom stereocenters. The van der Waals surface area contributed by atoms with Crippen molar-refractivity contribution in [2.45, 2.75) is 18.9 Å². The molecule has 0 aromatic heterocycles. The average molecular weight is 261 g/mol. The Morgan fingerprint density at radius 2 is 1.58 bits per heavy atom. The highest BCUT2D eigenvalue weighted by atomic mass is 16.5. The van der Waals surface area contributed by atoms with Gasteiger partial charge in [-0.3, -0.25) is 0 Å². The van der Waals surface area contributed by atoms with Gasteiger partial charge in [0.05, 0.1) is 13.2 Å². The van der Waals surface area contributed by atoms with Gasteiger partial charge in [-0.25, -0.2) is 0 Å². The molecule has 19 heavy (non-hydrogen) atoms. The van der Waals surface area contributed by atoms with Crippen LogP contribution in [0.25, 0.3) is 0 Å². The Morgan fingerprint density at radius 3 is 2.21 bits per heavy atom. The maximum Gasteiger partial charge on any atom is 0.0642 e. The second kappa shape index (κ2) is 5.80. The molecule has 2 aliphatic rings. The van der Waals surface area contributed by atoms with Crippen LogP contribution in [0.1, 0.15) is 12.8 Å². The van der Waals surface area contributed by atoms with Crippen molar-refractivity contribution in [3.63, 3.8) is 0 Å². The zero-order valence-corrected chi connectivity index (χ0v) is 11.4. The van der Waals surface area contributed by atoms with Crippen LogP contribution in [0.15, 0.2) is 24.3 Å². The van der Waals surface area contributed by atoms with E-state index in [0.29, 0.717) is 6.04 Å². The molecule has 1 aromatic carbocycles. The van der Waals surface area contributed by atoms with E-state index < -0.39 is 0 Å². The van der Waals surface area contributed by atoms with Crippen LogP contribution < -0.4 is 15.5 Å². The molecule has 2 heterocycles. The van der Waals surface area contributed by atoms with Crippen molar-refractivity contribution in [1.29, 1.82) is 0 Å². The van der Waals surface area contributed by atoms with E-state index in [1.54, 1.807) is 0 Å². The topological polar surface area (TPSA) is 41.7 Å². The Bertz CT molecular complexity index is 400. The lowest BCUT2D eigenvalue weighted by atomic mass is 10.1. The molecular weight excluding hydrogens is 238 g/mol. The summed E-state index contributed by atoms with van der Waals surface area (Å²) in [6.07, 6.45) is 2.36.